The standard InChI is InChI=1S/C17H24N2O5/c1-6-8-19(12(2)20)9-7-18-17(21)13-10-14(22-3)16(24-5)15(11-13)23-4/h6,10-11H,1,7-9H2,2-5H3,(H,18,21). The van der Waals surface area contributed by atoms with Crippen LogP contribution in [0, 0.1) is 0 Å². The molecule has 1 aromatic carbocycles. The molecule has 0 aromatic heterocycles. The van der Waals surface area contributed by atoms with Crippen LogP contribution >= 0.6 is 0 Å². The third-order valence-corrected chi connectivity index (χ3v) is 3.39. The van der Waals surface area contributed by atoms with Crippen molar-refractivity contribution in [3.63, 3.8) is 0 Å². The molecule has 1 rings (SSSR count). The maximum atomic E-state index is 12.3. The SMILES string of the molecule is C=CCN(CCNC(=O)c1cc(OC)c(OC)c(OC)c1)C(C)=O. The van der Waals surface area contributed by atoms with Crippen LogP contribution in [0.5, 0.6) is 17.2 Å². The van der Waals surface area contributed by atoms with E-state index in [9.17, 15) is 9.59 Å². The molecule has 1 aromatic rings. The molecule has 1 N–H and O–H groups in total. The number of nitrogens with one attached hydrogen (secondary N) is 1. The van der Waals surface area contributed by atoms with Gasteiger partial charge < -0.3 is 24.4 Å². The summed E-state index contributed by atoms with van der Waals surface area (Å²) in [6, 6.07) is 3.15. The molecule has 0 aliphatic carbocycles. The van der Waals surface area contributed by atoms with E-state index in [1.807, 2.05) is 0 Å². The van der Waals surface area contributed by atoms with Gasteiger partial charge in [0.2, 0.25) is 11.7 Å². The van der Waals surface area contributed by atoms with Crippen LogP contribution in [0.3, 0.4) is 0 Å². The van der Waals surface area contributed by atoms with E-state index in [-0.39, 0.29) is 11.8 Å². The summed E-state index contributed by atoms with van der Waals surface area (Å²) in [6.45, 7) is 6.25. The molecule has 0 atom stereocenters. The zero-order valence-electron chi connectivity index (χ0n) is 14.5. The maximum absolute atomic E-state index is 12.3. The maximum Gasteiger partial charge on any atom is 0.251 e. The summed E-state index contributed by atoms with van der Waals surface area (Å²) in [5, 5.41) is 2.76. The van der Waals surface area contributed by atoms with Crippen LogP contribution in [0.2, 0.25) is 0 Å². The highest BCUT2D eigenvalue weighted by molar-refractivity contribution is 5.95. The van der Waals surface area contributed by atoms with Crippen LogP contribution in [-0.4, -0.2) is 57.7 Å². The van der Waals surface area contributed by atoms with Gasteiger partial charge in [0, 0.05) is 32.1 Å². The third-order valence-electron chi connectivity index (χ3n) is 3.39. The van der Waals surface area contributed by atoms with Gasteiger partial charge in [0.15, 0.2) is 11.5 Å². The summed E-state index contributed by atoms with van der Waals surface area (Å²) in [7, 11) is 4.47. The predicted octanol–water partition coefficient (Wildman–Crippen LogP) is 1.48. The second-order valence-corrected chi connectivity index (χ2v) is 4.92. The molecule has 0 aliphatic rings. The molecule has 0 saturated carbocycles. The van der Waals surface area contributed by atoms with Gasteiger partial charge >= 0.3 is 0 Å². The van der Waals surface area contributed by atoms with Crippen LogP contribution in [0.15, 0.2) is 24.8 Å². The van der Waals surface area contributed by atoms with E-state index in [2.05, 4.69) is 11.9 Å². The lowest BCUT2D eigenvalue weighted by Gasteiger charge is -2.19. The Balaban J connectivity index is 2.81. The molecule has 0 fully saturated rings. The number of nitrogens with zero attached hydrogens (tertiary/aromatic N) is 1. The molecule has 0 heterocycles. The van der Waals surface area contributed by atoms with E-state index in [4.69, 9.17) is 14.2 Å². The first-order chi connectivity index (χ1) is 11.5. The lowest BCUT2D eigenvalue weighted by molar-refractivity contribution is -0.128. The number of ether oxygens (including phenoxy) is 3. The monoisotopic (exact) mass is 336 g/mol. The zero-order valence-corrected chi connectivity index (χ0v) is 14.5. The largest absolute Gasteiger partial charge is 0.493 e. The molecule has 0 aliphatic heterocycles. The number of benzene rings is 1. The summed E-state index contributed by atoms with van der Waals surface area (Å²) in [5.74, 6) is 0.858. The van der Waals surface area contributed by atoms with E-state index in [1.165, 1.54) is 28.3 Å². The number of carbonyl (C=O) groups is 2. The molecule has 0 bridgehead atoms. The quantitative estimate of drug-likeness (QED) is 0.691. The Labute approximate surface area is 142 Å². The summed E-state index contributed by atoms with van der Waals surface area (Å²) < 4.78 is 15.7. The van der Waals surface area contributed by atoms with Crippen molar-refractivity contribution in [2.75, 3.05) is 41.0 Å². The summed E-state index contributed by atoms with van der Waals surface area (Å²) >= 11 is 0. The lowest BCUT2D eigenvalue weighted by atomic mass is 10.1. The molecule has 0 unspecified atom stereocenters. The smallest absolute Gasteiger partial charge is 0.251 e. The van der Waals surface area contributed by atoms with Crippen molar-refractivity contribution in [3.05, 3.63) is 30.4 Å². The molecule has 132 valence electrons. The van der Waals surface area contributed by atoms with Gasteiger partial charge in [-0.25, -0.2) is 0 Å². The molecule has 7 nitrogen and oxygen atoms in total. The first kappa shape index (κ1) is 19.3. The van der Waals surface area contributed by atoms with Gasteiger partial charge in [-0.3, -0.25) is 9.59 Å². The second kappa shape index (κ2) is 9.44. The van der Waals surface area contributed by atoms with Crippen molar-refractivity contribution < 1.29 is 23.8 Å². The van der Waals surface area contributed by atoms with Crippen molar-refractivity contribution in [3.8, 4) is 17.2 Å². The Hall–Kier alpha value is -2.70. The van der Waals surface area contributed by atoms with Gasteiger partial charge in [0.05, 0.1) is 21.3 Å². The molecular formula is C17H24N2O5. The Kier molecular flexibility index (Phi) is 7.61. The molecule has 0 spiro atoms. The minimum absolute atomic E-state index is 0.0723. The molecule has 0 saturated heterocycles. The van der Waals surface area contributed by atoms with E-state index < -0.39 is 0 Å². The fourth-order valence-corrected chi connectivity index (χ4v) is 2.15. The van der Waals surface area contributed by atoms with Gasteiger partial charge in [-0.15, -0.1) is 6.58 Å². The average Bonchev–Trinajstić information content (AvgIpc) is 2.59. The fraction of sp³-hybridized carbons (Fsp3) is 0.412. The third kappa shape index (κ3) is 4.91. The Morgan fingerprint density at radius 3 is 2.17 bits per heavy atom. The van der Waals surface area contributed by atoms with E-state index >= 15 is 0 Å². The second-order valence-electron chi connectivity index (χ2n) is 4.92. The number of hydrogen-bond donors (Lipinski definition) is 1. The van der Waals surface area contributed by atoms with Crippen LogP contribution in [0.1, 0.15) is 17.3 Å². The number of rotatable bonds is 9. The first-order valence-corrected chi connectivity index (χ1v) is 7.43. The minimum atomic E-state index is -0.295. The van der Waals surface area contributed by atoms with Crippen molar-refractivity contribution in [2.24, 2.45) is 0 Å². The fourth-order valence-electron chi connectivity index (χ4n) is 2.15. The molecule has 7 heteroatoms. The van der Waals surface area contributed by atoms with Crippen molar-refractivity contribution >= 4 is 11.8 Å². The topological polar surface area (TPSA) is 77.1 Å². The van der Waals surface area contributed by atoms with Crippen LogP contribution < -0.4 is 19.5 Å². The summed E-state index contributed by atoms with van der Waals surface area (Å²) in [6.07, 6.45) is 1.64. The highest BCUT2D eigenvalue weighted by Gasteiger charge is 2.17. The van der Waals surface area contributed by atoms with Crippen molar-refractivity contribution in [1.82, 2.24) is 10.2 Å². The number of methoxy groups -OCH3 is 3. The normalized spacial score (nSPS) is 9.83. The molecule has 0 radical (unpaired) electrons. The summed E-state index contributed by atoms with van der Waals surface area (Å²) in [4.78, 5) is 25.3. The zero-order chi connectivity index (χ0) is 18.1. The Morgan fingerprint density at radius 2 is 1.75 bits per heavy atom. The van der Waals surface area contributed by atoms with Crippen LogP contribution in [0.25, 0.3) is 0 Å². The van der Waals surface area contributed by atoms with Gasteiger partial charge in [-0.1, -0.05) is 6.08 Å². The van der Waals surface area contributed by atoms with E-state index in [0.29, 0.717) is 42.4 Å². The highest BCUT2D eigenvalue weighted by atomic mass is 16.5. The number of carbonyl (C=O) groups excluding carboxylic acids is 2. The van der Waals surface area contributed by atoms with Crippen molar-refractivity contribution in [1.29, 1.82) is 0 Å². The predicted molar refractivity (Wildman–Crippen MR) is 90.9 cm³/mol. The average molecular weight is 336 g/mol. The highest BCUT2D eigenvalue weighted by Crippen LogP contribution is 2.38. The Morgan fingerprint density at radius 1 is 1.17 bits per heavy atom. The van der Waals surface area contributed by atoms with Gasteiger partial charge in [0.25, 0.3) is 5.91 Å². The first-order valence-electron chi connectivity index (χ1n) is 7.43. The minimum Gasteiger partial charge on any atom is -0.493 e. The van der Waals surface area contributed by atoms with Crippen LogP contribution in [0.4, 0.5) is 0 Å². The lowest BCUT2D eigenvalue weighted by Crippen LogP contribution is -2.37. The van der Waals surface area contributed by atoms with E-state index in [0.717, 1.165) is 0 Å². The van der Waals surface area contributed by atoms with E-state index in [1.54, 1.807) is 23.1 Å². The number of hydrogen-bond acceptors (Lipinski definition) is 5. The van der Waals surface area contributed by atoms with Gasteiger partial charge in [0.1, 0.15) is 0 Å². The van der Waals surface area contributed by atoms with Crippen LogP contribution in [-0.2, 0) is 4.79 Å². The number of amides is 2. The molecule has 24 heavy (non-hydrogen) atoms. The van der Waals surface area contributed by atoms with Gasteiger partial charge in [-0.2, -0.15) is 0 Å². The Bertz CT molecular complexity index is 576. The summed E-state index contributed by atoms with van der Waals surface area (Å²) in [5.41, 5.74) is 0.377. The van der Waals surface area contributed by atoms with Crippen molar-refractivity contribution in [2.45, 2.75) is 6.92 Å². The van der Waals surface area contributed by atoms with Gasteiger partial charge in [-0.05, 0) is 12.1 Å². The molecule has 2 amide bonds. The molecular weight excluding hydrogens is 312 g/mol.